The molecule has 2 aromatic heterocycles. The standard InChI is InChI=1S/C22H20N4O3S/c1-12-5-7-17-15(10-12)20(27)19(25-26(17)3)21(28)24-22-23-16(11-30-22)14-9-13(2)6-8-18(14)29-4/h5-11H,1-4H3,(H,23,24,28). The fourth-order valence-corrected chi connectivity index (χ4v) is 3.98. The summed E-state index contributed by atoms with van der Waals surface area (Å²) in [5.74, 6) is 0.111. The van der Waals surface area contributed by atoms with Gasteiger partial charge in [0.25, 0.3) is 5.91 Å². The molecule has 30 heavy (non-hydrogen) atoms. The third-order valence-corrected chi connectivity index (χ3v) is 5.54. The normalized spacial score (nSPS) is 10.9. The van der Waals surface area contributed by atoms with Crippen molar-refractivity contribution in [2.75, 3.05) is 12.4 Å². The number of anilines is 1. The van der Waals surface area contributed by atoms with Crippen LogP contribution in [0.5, 0.6) is 5.75 Å². The number of amides is 1. The minimum atomic E-state index is -0.587. The number of nitrogens with zero attached hydrogens (tertiary/aromatic N) is 3. The highest BCUT2D eigenvalue weighted by Gasteiger charge is 2.19. The second-order valence-electron chi connectivity index (χ2n) is 7.02. The van der Waals surface area contributed by atoms with Gasteiger partial charge in [0.1, 0.15) is 5.75 Å². The molecular formula is C22H20N4O3S. The van der Waals surface area contributed by atoms with Crippen LogP contribution in [0, 0.1) is 13.8 Å². The van der Waals surface area contributed by atoms with Crippen LogP contribution in [0.15, 0.2) is 46.6 Å². The largest absolute Gasteiger partial charge is 0.496 e. The molecule has 152 valence electrons. The van der Waals surface area contributed by atoms with Gasteiger partial charge in [0.15, 0.2) is 10.8 Å². The molecule has 0 atom stereocenters. The Hall–Kier alpha value is -3.52. The number of hydrogen-bond donors (Lipinski definition) is 1. The van der Waals surface area contributed by atoms with Crippen molar-refractivity contribution in [2.24, 2.45) is 7.05 Å². The molecule has 0 radical (unpaired) electrons. The van der Waals surface area contributed by atoms with Crippen molar-refractivity contribution < 1.29 is 9.53 Å². The summed E-state index contributed by atoms with van der Waals surface area (Å²) in [6.07, 6.45) is 0. The van der Waals surface area contributed by atoms with Gasteiger partial charge in [-0.15, -0.1) is 11.3 Å². The van der Waals surface area contributed by atoms with Crippen LogP contribution in [-0.4, -0.2) is 27.8 Å². The highest BCUT2D eigenvalue weighted by Crippen LogP contribution is 2.33. The summed E-state index contributed by atoms with van der Waals surface area (Å²) in [5.41, 5.74) is 3.64. The van der Waals surface area contributed by atoms with E-state index < -0.39 is 11.3 Å². The SMILES string of the molecule is COc1ccc(C)cc1-c1csc(NC(=O)c2nn(C)c3ccc(C)cc3c2=O)n1. The van der Waals surface area contributed by atoms with E-state index in [1.165, 1.54) is 16.0 Å². The molecule has 4 rings (SSSR count). The lowest BCUT2D eigenvalue weighted by Gasteiger charge is -2.08. The number of ether oxygens (including phenoxy) is 1. The number of carbonyl (C=O) groups excluding carboxylic acids is 1. The van der Waals surface area contributed by atoms with Crippen molar-refractivity contribution in [1.82, 2.24) is 14.8 Å². The zero-order valence-corrected chi connectivity index (χ0v) is 17.8. The maximum Gasteiger partial charge on any atom is 0.281 e. The first kappa shape index (κ1) is 19.8. The average Bonchev–Trinajstić information content (AvgIpc) is 3.18. The minimum Gasteiger partial charge on any atom is -0.496 e. The second kappa shape index (κ2) is 7.72. The molecule has 2 heterocycles. The van der Waals surface area contributed by atoms with E-state index in [2.05, 4.69) is 15.4 Å². The number of aryl methyl sites for hydroxylation is 3. The number of rotatable bonds is 4. The third kappa shape index (κ3) is 3.57. The molecule has 7 nitrogen and oxygen atoms in total. The first-order valence-corrected chi connectivity index (χ1v) is 10.1. The molecule has 4 aromatic rings. The third-order valence-electron chi connectivity index (χ3n) is 4.78. The Morgan fingerprint density at radius 2 is 1.87 bits per heavy atom. The molecule has 0 spiro atoms. The summed E-state index contributed by atoms with van der Waals surface area (Å²) >= 11 is 1.27. The second-order valence-corrected chi connectivity index (χ2v) is 7.88. The van der Waals surface area contributed by atoms with Gasteiger partial charge >= 0.3 is 0 Å². The quantitative estimate of drug-likeness (QED) is 0.541. The van der Waals surface area contributed by atoms with E-state index >= 15 is 0 Å². The molecule has 1 amide bonds. The van der Waals surface area contributed by atoms with E-state index in [1.807, 2.05) is 49.6 Å². The lowest BCUT2D eigenvalue weighted by Crippen LogP contribution is -2.26. The molecule has 0 fully saturated rings. The predicted molar refractivity (Wildman–Crippen MR) is 119 cm³/mol. The van der Waals surface area contributed by atoms with Crippen LogP contribution in [0.4, 0.5) is 5.13 Å². The summed E-state index contributed by atoms with van der Waals surface area (Å²) in [7, 11) is 3.31. The molecule has 1 N–H and O–H groups in total. The molecule has 8 heteroatoms. The van der Waals surface area contributed by atoms with Crippen molar-refractivity contribution in [3.63, 3.8) is 0 Å². The van der Waals surface area contributed by atoms with E-state index in [4.69, 9.17) is 4.74 Å². The fourth-order valence-electron chi connectivity index (χ4n) is 3.27. The van der Waals surface area contributed by atoms with Gasteiger partial charge < -0.3 is 4.74 Å². The Bertz CT molecular complexity index is 1340. The van der Waals surface area contributed by atoms with Gasteiger partial charge in [-0.25, -0.2) is 4.98 Å². The highest BCUT2D eigenvalue weighted by molar-refractivity contribution is 7.14. The molecule has 0 saturated heterocycles. The molecule has 0 unspecified atom stereocenters. The predicted octanol–water partition coefficient (Wildman–Crippen LogP) is 3.93. The number of nitrogens with one attached hydrogen (secondary N) is 1. The Balaban J connectivity index is 1.67. The number of fused-ring (bicyclic) bond motifs is 1. The molecule has 0 saturated carbocycles. The van der Waals surface area contributed by atoms with Crippen LogP contribution in [0.2, 0.25) is 0 Å². The lowest BCUT2D eigenvalue weighted by molar-refractivity contribution is 0.101. The van der Waals surface area contributed by atoms with Crippen molar-refractivity contribution in [3.05, 3.63) is 68.8 Å². The van der Waals surface area contributed by atoms with E-state index in [0.717, 1.165) is 16.7 Å². The number of thiazole rings is 1. The van der Waals surface area contributed by atoms with E-state index in [9.17, 15) is 9.59 Å². The van der Waals surface area contributed by atoms with Crippen LogP contribution in [-0.2, 0) is 7.05 Å². The number of methoxy groups -OCH3 is 1. The van der Waals surface area contributed by atoms with Crippen LogP contribution in [0.3, 0.4) is 0 Å². The molecular weight excluding hydrogens is 400 g/mol. The molecule has 0 aliphatic carbocycles. The summed E-state index contributed by atoms with van der Waals surface area (Å²) in [5, 5.41) is 9.56. The lowest BCUT2D eigenvalue weighted by atomic mass is 10.1. The molecule has 0 bridgehead atoms. The van der Waals surface area contributed by atoms with Gasteiger partial charge in [-0.1, -0.05) is 23.3 Å². The monoisotopic (exact) mass is 420 g/mol. The Kier molecular flexibility index (Phi) is 5.09. The smallest absolute Gasteiger partial charge is 0.281 e. The van der Waals surface area contributed by atoms with E-state index in [0.29, 0.717) is 27.5 Å². The van der Waals surface area contributed by atoms with Crippen LogP contribution in [0.1, 0.15) is 21.6 Å². The maximum atomic E-state index is 12.8. The summed E-state index contributed by atoms with van der Waals surface area (Å²) < 4.78 is 6.95. The Morgan fingerprint density at radius 3 is 2.63 bits per heavy atom. The number of hydrogen-bond acceptors (Lipinski definition) is 6. The van der Waals surface area contributed by atoms with Crippen LogP contribution in [0.25, 0.3) is 22.2 Å². The first-order chi connectivity index (χ1) is 14.4. The fraction of sp³-hybridized carbons (Fsp3) is 0.182. The van der Waals surface area contributed by atoms with Gasteiger partial charge in [-0.3, -0.25) is 19.6 Å². The Labute approximate surface area is 177 Å². The van der Waals surface area contributed by atoms with Crippen molar-refractivity contribution in [1.29, 1.82) is 0 Å². The Morgan fingerprint density at radius 1 is 1.13 bits per heavy atom. The van der Waals surface area contributed by atoms with Crippen LogP contribution < -0.4 is 15.5 Å². The highest BCUT2D eigenvalue weighted by atomic mass is 32.1. The van der Waals surface area contributed by atoms with E-state index in [1.54, 1.807) is 20.2 Å². The molecule has 0 aliphatic rings. The number of aromatic nitrogens is 3. The van der Waals surface area contributed by atoms with Crippen molar-refractivity contribution in [2.45, 2.75) is 13.8 Å². The molecule has 2 aromatic carbocycles. The summed E-state index contributed by atoms with van der Waals surface area (Å²) in [6.45, 7) is 3.89. The maximum absolute atomic E-state index is 12.8. The molecule has 0 aliphatic heterocycles. The van der Waals surface area contributed by atoms with Gasteiger partial charge in [0.05, 0.1) is 23.7 Å². The minimum absolute atomic E-state index is 0.166. The van der Waals surface area contributed by atoms with Gasteiger partial charge in [0, 0.05) is 18.0 Å². The average molecular weight is 420 g/mol. The summed E-state index contributed by atoms with van der Waals surface area (Å²) in [4.78, 5) is 30.1. The van der Waals surface area contributed by atoms with Gasteiger partial charge in [0.2, 0.25) is 5.43 Å². The van der Waals surface area contributed by atoms with Gasteiger partial charge in [-0.05, 0) is 38.1 Å². The zero-order chi connectivity index (χ0) is 21.4. The summed E-state index contributed by atoms with van der Waals surface area (Å²) in [6, 6.07) is 11.3. The van der Waals surface area contributed by atoms with Crippen LogP contribution >= 0.6 is 11.3 Å². The van der Waals surface area contributed by atoms with Crippen molar-refractivity contribution >= 4 is 33.3 Å². The number of carbonyl (C=O) groups is 1. The first-order valence-electron chi connectivity index (χ1n) is 9.27. The number of benzene rings is 2. The zero-order valence-electron chi connectivity index (χ0n) is 17.0. The van der Waals surface area contributed by atoms with E-state index in [-0.39, 0.29) is 5.69 Å². The van der Waals surface area contributed by atoms with Crippen molar-refractivity contribution in [3.8, 4) is 17.0 Å². The topological polar surface area (TPSA) is 86.1 Å². The van der Waals surface area contributed by atoms with Gasteiger partial charge in [-0.2, -0.15) is 5.10 Å².